The van der Waals surface area contributed by atoms with E-state index in [9.17, 15) is 10.2 Å². The van der Waals surface area contributed by atoms with Gasteiger partial charge in [0.25, 0.3) is 0 Å². The molecule has 16 atom stereocenters. The first kappa shape index (κ1) is 27.4. The first-order valence-electron chi connectivity index (χ1n) is 8.36. The first-order valence-corrected chi connectivity index (χ1v) is 11.2. The number of hydrogen-bond acceptors (Lipinski definition) is 11. The normalized spacial score (nSPS) is 43.4. The van der Waals surface area contributed by atoms with E-state index in [1.54, 1.807) is 0 Å². The van der Waals surface area contributed by atoms with E-state index >= 15 is 0 Å². The van der Waals surface area contributed by atoms with Gasteiger partial charge >= 0.3 is 0 Å². The molecule has 2 aliphatic rings. The van der Waals surface area contributed by atoms with E-state index in [0.717, 1.165) is 0 Å². The molecule has 2 rings (SSSR count). The van der Waals surface area contributed by atoms with Gasteiger partial charge in [-0.15, -0.1) is 0 Å². The highest BCUT2D eigenvalue weighted by Crippen LogP contribution is 2.36. The van der Waals surface area contributed by atoms with Crippen molar-refractivity contribution in [1.82, 2.24) is 0 Å². The smallest absolute Gasteiger partial charge is 0.190 e. The summed E-state index contributed by atoms with van der Waals surface area (Å²) in [5, 5.41) is 19.4. The van der Waals surface area contributed by atoms with Crippen molar-refractivity contribution < 1.29 is 51.6 Å². The largest absolute Gasteiger partial charge is 0.394 e. The number of aliphatic hydroxyl groups excluding tert-OH is 2. The van der Waals surface area contributed by atoms with Crippen LogP contribution in [-0.2, 0) is 41.4 Å². The minimum absolute atomic E-state index is 0.346. The molecule has 0 aliphatic carbocycles. The van der Waals surface area contributed by atoms with Crippen LogP contribution in [0, 0.1) is 0 Å². The van der Waals surface area contributed by atoms with Crippen molar-refractivity contribution >= 4 is 56.8 Å². The molecule has 29 heavy (non-hydrogen) atoms. The van der Waals surface area contributed by atoms with Gasteiger partial charge in [-0.05, 0) is 0 Å². The van der Waals surface area contributed by atoms with Crippen LogP contribution in [0.25, 0.3) is 0 Å². The summed E-state index contributed by atoms with van der Waals surface area (Å²) in [6.45, 7) is -0.691. The second-order valence-corrected chi connectivity index (χ2v) is 7.82. The van der Waals surface area contributed by atoms with Crippen LogP contribution < -0.4 is 0 Å². The predicted octanol–water partition coefficient (Wildman–Crippen LogP) is -0.511. The molecule has 0 radical (unpaired) electrons. The van der Waals surface area contributed by atoms with E-state index in [-0.39, 0.29) is 13.2 Å². The van der Waals surface area contributed by atoms with Crippen LogP contribution in [0.5, 0.6) is 0 Å². The summed E-state index contributed by atoms with van der Waals surface area (Å²) in [7, 11) is 12.8. The molecule has 0 saturated carbocycles. The van der Waals surface area contributed by atoms with Crippen LogP contribution in [0.2, 0.25) is 0 Å². The second kappa shape index (κ2) is 13.8. The van der Waals surface area contributed by atoms with Crippen molar-refractivity contribution in [3.63, 3.8) is 0 Å². The molecule has 10 unspecified atom stereocenters. The molecular weight excluding hydrogens is 506 g/mol. The van der Waals surface area contributed by atoms with E-state index in [0.29, 0.717) is 0 Å². The maximum absolute atomic E-state index is 9.70. The van der Waals surface area contributed by atoms with Gasteiger partial charge in [-0.1, -0.05) is 0 Å². The lowest BCUT2D eigenvalue weighted by atomic mass is 9.98. The SMILES string of the molecule is OCC1O[C@H](O[C@H]2O[C@H](CO)[C@@H](OP)C(OP)C2OP)C(OP)[C@@H](OP)[C@@H]1OP. The summed E-state index contributed by atoms with van der Waals surface area (Å²) in [4.78, 5) is 0. The van der Waals surface area contributed by atoms with Gasteiger partial charge in [0.05, 0.1) is 13.2 Å². The Balaban J connectivity index is 2.26. The minimum atomic E-state index is -1.03. The molecule has 2 fully saturated rings. The summed E-state index contributed by atoms with van der Waals surface area (Å²) in [5.41, 5.74) is 0. The van der Waals surface area contributed by atoms with Crippen molar-refractivity contribution in [2.24, 2.45) is 0 Å². The monoisotopic (exact) mass is 534 g/mol. The summed E-state index contributed by atoms with van der Waals surface area (Å²) in [6, 6.07) is 0. The minimum Gasteiger partial charge on any atom is -0.394 e. The number of rotatable bonds is 10. The topological polar surface area (TPSA) is 124 Å². The van der Waals surface area contributed by atoms with Crippen LogP contribution in [0.15, 0.2) is 0 Å². The second-order valence-electron chi connectivity index (χ2n) is 6.19. The quantitative estimate of drug-likeness (QED) is 0.353. The van der Waals surface area contributed by atoms with Crippen LogP contribution in [0.3, 0.4) is 0 Å². The van der Waals surface area contributed by atoms with E-state index in [1.807, 2.05) is 0 Å². The summed E-state index contributed by atoms with van der Waals surface area (Å²) in [5.74, 6) is 0. The van der Waals surface area contributed by atoms with Gasteiger partial charge < -0.3 is 51.6 Å². The Bertz CT molecular complexity index is 444. The van der Waals surface area contributed by atoms with Crippen LogP contribution in [-0.4, -0.2) is 84.8 Å². The Morgan fingerprint density at radius 3 is 1.07 bits per heavy atom. The van der Waals surface area contributed by atoms with Crippen molar-refractivity contribution in [3.05, 3.63) is 0 Å². The maximum atomic E-state index is 9.70. The zero-order chi connectivity index (χ0) is 21.6. The molecule has 0 amide bonds. The summed E-state index contributed by atoms with van der Waals surface area (Å²) >= 11 is 0. The Morgan fingerprint density at radius 1 is 0.517 bits per heavy atom. The fraction of sp³-hybridized carbons (Fsp3) is 1.00. The van der Waals surface area contributed by atoms with Crippen LogP contribution in [0.1, 0.15) is 0 Å². The highest BCUT2D eigenvalue weighted by molar-refractivity contribution is 7.10. The molecule has 172 valence electrons. The lowest BCUT2D eigenvalue weighted by Crippen LogP contribution is -2.64. The van der Waals surface area contributed by atoms with E-state index in [2.05, 4.69) is 56.8 Å². The van der Waals surface area contributed by atoms with E-state index in [1.165, 1.54) is 0 Å². The molecule has 17 heteroatoms. The third kappa shape index (κ3) is 6.18. The van der Waals surface area contributed by atoms with Gasteiger partial charge in [0.2, 0.25) is 0 Å². The Morgan fingerprint density at radius 2 is 0.828 bits per heavy atom. The Hall–Kier alpha value is 2.14. The standard InChI is InChI=1S/C12H28O11P6/c13-1-3-5(18-24)7(20-26)9(22-28)11(15-3)17-12-10(23-29)8(21-27)6(19-25)4(2-14)16-12/h3-14H,1-2,24-29H2/t3-,4?,5-,6-,7?,8+,9?,10?,11-,12-/m1/s1. The molecule has 2 heterocycles. The molecule has 0 aromatic carbocycles. The third-order valence-electron chi connectivity index (χ3n) is 4.75. The fourth-order valence-corrected chi connectivity index (χ4v) is 5.18. The molecule has 0 aromatic heterocycles. The van der Waals surface area contributed by atoms with Gasteiger partial charge in [-0.3, -0.25) is 0 Å². The van der Waals surface area contributed by atoms with Crippen molar-refractivity contribution in [2.75, 3.05) is 13.2 Å². The molecular formula is C12H28O11P6. The van der Waals surface area contributed by atoms with Crippen molar-refractivity contribution in [3.8, 4) is 0 Å². The Kier molecular flexibility index (Phi) is 13.0. The van der Waals surface area contributed by atoms with E-state index < -0.39 is 61.4 Å². The molecule has 11 nitrogen and oxygen atoms in total. The summed E-state index contributed by atoms with van der Waals surface area (Å²) in [6.07, 6.45) is -7.71. The van der Waals surface area contributed by atoms with Crippen LogP contribution >= 0.6 is 56.8 Å². The Labute approximate surface area is 183 Å². The first-order chi connectivity index (χ1) is 14.0. The van der Waals surface area contributed by atoms with Gasteiger partial charge in [0.15, 0.2) is 12.6 Å². The molecule has 0 spiro atoms. The zero-order valence-corrected chi connectivity index (χ0v) is 22.1. The maximum Gasteiger partial charge on any atom is 0.190 e. The average molecular weight is 534 g/mol. The van der Waals surface area contributed by atoms with Gasteiger partial charge in [0.1, 0.15) is 48.8 Å². The van der Waals surface area contributed by atoms with Crippen LogP contribution in [0.4, 0.5) is 0 Å². The average Bonchev–Trinajstić information content (AvgIpc) is 2.76. The highest BCUT2D eigenvalue weighted by Gasteiger charge is 2.53. The van der Waals surface area contributed by atoms with E-state index in [4.69, 9.17) is 41.4 Å². The predicted molar refractivity (Wildman–Crippen MR) is 120 cm³/mol. The molecule has 2 N–H and O–H groups in total. The molecule has 2 aliphatic heterocycles. The van der Waals surface area contributed by atoms with Gasteiger partial charge in [-0.25, -0.2) is 0 Å². The molecule has 0 bridgehead atoms. The molecule has 2 saturated heterocycles. The van der Waals surface area contributed by atoms with Gasteiger partial charge in [0, 0.05) is 56.8 Å². The summed E-state index contributed by atoms with van der Waals surface area (Å²) < 4.78 is 50.0. The lowest BCUT2D eigenvalue weighted by Gasteiger charge is -2.48. The lowest BCUT2D eigenvalue weighted by molar-refractivity contribution is -0.362. The third-order valence-corrected chi connectivity index (χ3v) is 6.64. The van der Waals surface area contributed by atoms with Crippen molar-refractivity contribution in [1.29, 1.82) is 0 Å². The number of ether oxygens (including phenoxy) is 3. The van der Waals surface area contributed by atoms with Gasteiger partial charge in [-0.2, -0.15) is 0 Å². The van der Waals surface area contributed by atoms with Crippen molar-refractivity contribution in [2.45, 2.75) is 61.4 Å². The number of hydrogen-bond donors (Lipinski definition) is 2. The number of aliphatic hydroxyl groups is 2. The zero-order valence-electron chi connectivity index (χ0n) is 15.2. The molecule has 0 aromatic rings. The fourth-order valence-electron chi connectivity index (χ4n) is 3.33. The highest BCUT2D eigenvalue weighted by atomic mass is 31.0.